The van der Waals surface area contributed by atoms with Crippen molar-refractivity contribution >= 4 is 34.8 Å². The Morgan fingerprint density at radius 2 is 1.57 bits per heavy atom. The van der Waals surface area contributed by atoms with Gasteiger partial charge in [0.05, 0.1) is 11.1 Å². The average molecular weight is 394 g/mol. The minimum Gasteiger partial charge on any atom is -0.322 e. The summed E-state index contributed by atoms with van der Waals surface area (Å²) in [4.78, 5) is 29.1. The highest BCUT2D eigenvalue weighted by Gasteiger charge is 2.13. The van der Waals surface area contributed by atoms with Gasteiger partial charge >= 0.3 is 0 Å². The number of carbonyl (C=O) groups is 2. The maximum Gasteiger partial charge on any atom is 0.257 e. The second-order valence-electron chi connectivity index (χ2n) is 6.38. The molecule has 2 N–H and O–H groups in total. The first-order valence-electron chi connectivity index (χ1n) is 8.89. The lowest BCUT2D eigenvalue weighted by atomic mass is 10.1. The smallest absolute Gasteiger partial charge is 0.257 e. The largest absolute Gasteiger partial charge is 0.322 e. The molecule has 6 heteroatoms. The molecule has 5 nitrogen and oxygen atoms in total. The Morgan fingerprint density at radius 1 is 0.929 bits per heavy atom. The van der Waals surface area contributed by atoms with Crippen LogP contribution in [-0.2, 0) is 6.42 Å². The molecule has 0 radical (unpaired) electrons. The van der Waals surface area contributed by atoms with E-state index >= 15 is 0 Å². The van der Waals surface area contributed by atoms with Crippen molar-refractivity contribution in [1.82, 2.24) is 4.98 Å². The highest BCUT2D eigenvalue weighted by atomic mass is 35.5. The Hall–Kier alpha value is -3.18. The van der Waals surface area contributed by atoms with Gasteiger partial charge in [-0.05, 0) is 54.8 Å². The third kappa shape index (κ3) is 4.75. The first kappa shape index (κ1) is 19.6. The first-order valence-corrected chi connectivity index (χ1v) is 9.27. The van der Waals surface area contributed by atoms with Gasteiger partial charge < -0.3 is 10.6 Å². The minimum absolute atomic E-state index is 0.286. The summed E-state index contributed by atoms with van der Waals surface area (Å²) in [6, 6.07) is 14.4. The third-order valence-electron chi connectivity index (χ3n) is 4.33. The molecule has 0 bridgehead atoms. The number of carbonyl (C=O) groups excluding carboxylic acids is 2. The van der Waals surface area contributed by atoms with Crippen LogP contribution in [0.5, 0.6) is 0 Å². The number of hydrogen-bond acceptors (Lipinski definition) is 3. The predicted octanol–water partition coefficient (Wildman–Crippen LogP) is 5.11. The molecular weight excluding hydrogens is 374 g/mol. The number of rotatable bonds is 5. The van der Waals surface area contributed by atoms with Gasteiger partial charge in [0.1, 0.15) is 0 Å². The van der Waals surface area contributed by atoms with Crippen molar-refractivity contribution in [2.24, 2.45) is 0 Å². The fraction of sp³-hybridized carbons (Fsp3) is 0.136. The highest BCUT2D eigenvalue weighted by Crippen LogP contribution is 2.21. The van der Waals surface area contributed by atoms with E-state index in [1.807, 2.05) is 37.3 Å². The van der Waals surface area contributed by atoms with Crippen LogP contribution in [0.15, 0.2) is 60.9 Å². The standard InChI is InChI=1S/C22H20ClN3O2/c1-3-15-5-8-19(9-6-15)25-21(27)16-10-17(13-24-12-16)22(28)26-20-11-18(23)7-4-14(20)2/h4-13H,3H2,1-2H3,(H,25,27)(H,26,28). The number of halogens is 1. The topological polar surface area (TPSA) is 71.1 Å². The molecule has 142 valence electrons. The zero-order chi connectivity index (χ0) is 20.1. The lowest BCUT2D eigenvalue weighted by molar-refractivity contribution is 0.102. The van der Waals surface area contributed by atoms with E-state index in [0.29, 0.717) is 22.0 Å². The fourth-order valence-electron chi connectivity index (χ4n) is 2.64. The second-order valence-corrected chi connectivity index (χ2v) is 6.82. The lowest BCUT2D eigenvalue weighted by Gasteiger charge is -2.10. The molecule has 2 aromatic carbocycles. The molecule has 0 saturated carbocycles. The van der Waals surface area contributed by atoms with Crippen LogP contribution in [-0.4, -0.2) is 16.8 Å². The van der Waals surface area contributed by atoms with Gasteiger partial charge in [-0.1, -0.05) is 36.7 Å². The number of aromatic nitrogens is 1. The molecule has 0 aliphatic rings. The number of aryl methyl sites for hydroxylation is 2. The Labute approximate surface area is 168 Å². The molecule has 2 amide bonds. The van der Waals surface area contributed by atoms with E-state index in [0.717, 1.165) is 12.0 Å². The van der Waals surface area contributed by atoms with Crippen molar-refractivity contribution in [3.63, 3.8) is 0 Å². The molecule has 0 unspecified atom stereocenters. The van der Waals surface area contributed by atoms with Gasteiger partial charge in [0.2, 0.25) is 0 Å². The van der Waals surface area contributed by atoms with Crippen molar-refractivity contribution in [1.29, 1.82) is 0 Å². The Morgan fingerprint density at radius 3 is 2.21 bits per heavy atom. The maximum absolute atomic E-state index is 12.6. The summed E-state index contributed by atoms with van der Waals surface area (Å²) < 4.78 is 0. The number of pyridine rings is 1. The molecule has 28 heavy (non-hydrogen) atoms. The van der Waals surface area contributed by atoms with Gasteiger partial charge in [-0.3, -0.25) is 14.6 Å². The molecule has 0 spiro atoms. The summed E-state index contributed by atoms with van der Waals surface area (Å²) in [5, 5.41) is 6.14. The lowest BCUT2D eigenvalue weighted by Crippen LogP contribution is -2.16. The summed E-state index contributed by atoms with van der Waals surface area (Å²) in [6.45, 7) is 3.94. The molecule has 0 atom stereocenters. The van der Waals surface area contributed by atoms with Gasteiger partial charge in [0.25, 0.3) is 11.8 Å². The monoisotopic (exact) mass is 393 g/mol. The van der Waals surface area contributed by atoms with Crippen molar-refractivity contribution in [2.75, 3.05) is 10.6 Å². The fourth-order valence-corrected chi connectivity index (χ4v) is 2.81. The number of nitrogens with zero attached hydrogens (tertiary/aromatic N) is 1. The second kappa shape index (κ2) is 8.67. The van der Waals surface area contributed by atoms with Gasteiger partial charge in [0, 0.05) is 28.8 Å². The average Bonchev–Trinajstić information content (AvgIpc) is 2.71. The number of benzene rings is 2. The van der Waals surface area contributed by atoms with E-state index < -0.39 is 0 Å². The van der Waals surface area contributed by atoms with E-state index in [1.165, 1.54) is 24.0 Å². The zero-order valence-corrected chi connectivity index (χ0v) is 16.4. The molecule has 1 heterocycles. The van der Waals surface area contributed by atoms with Crippen LogP contribution in [0.25, 0.3) is 0 Å². The summed E-state index contributed by atoms with van der Waals surface area (Å²) in [6.07, 6.45) is 3.78. The van der Waals surface area contributed by atoms with Crippen LogP contribution < -0.4 is 10.6 Å². The number of hydrogen-bond donors (Lipinski definition) is 2. The Balaban J connectivity index is 1.74. The summed E-state index contributed by atoms with van der Waals surface area (Å²) in [5.74, 6) is -0.690. The van der Waals surface area contributed by atoms with Crippen LogP contribution >= 0.6 is 11.6 Å². The summed E-state index contributed by atoms with van der Waals surface area (Å²) in [7, 11) is 0. The quantitative estimate of drug-likeness (QED) is 0.632. The van der Waals surface area contributed by atoms with Crippen molar-refractivity contribution in [3.05, 3.63) is 88.2 Å². The molecule has 0 saturated heterocycles. The molecular formula is C22H20ClN3O2. The molecule has 3 rings (SSSR count). The normalized spacial score (nSPS) is 10.4. The van der Waals surface area contributed by atoms with Crippen LogP contribution in [0.4, 0.5) is 11.4 Å². The number of nitrogens with one attached hydrogen (secondary N) is 2. The van der Waals surface area contributed by atoms with Crippen LogP contribution in [0, 0.1) is 6.92 Å². The molecule has 3 aromatic rings. The van der Waals surface area contributed by atoms with Crippen molar-refractivity contribution in [2.45, 2.75) is 20.3 Å². The predicted molar refractivity (Wildman–Crippen MR) is 112 cm³/mol. The maximum atomic E-state index is 12.6. The minimum atomic E-state index is -0.361. The van der Waals surface area contributed by atoms with Gasteiger partial charge in [-0.2, -0.15) is 0 Å². The first-order chi connectivity index (χ1) is 13.5. The SMILES string of the molecule is CCc1ccc(NC(=O)c2cncc(C(=O)Nc3cc(Cl)ccc3C)c2)cc1. The third-order valence-corrected chi connectivity index (χ3v) is 4.57. The van der Waals surface area contributed by atoms with Crippen molar-refractivity contribution < 1.29 is 9.59 Å². The van der Waals surface area contributed by atoms with Crippen LogP contribution in [0.1, 0.15) is 38.8 Å². The Bertz CT molecular complexity index is 1020. The zero-order valence-electron chi connectivity index (χ0n) is 15.6. The van der Waals surface area contributed by atoms with Gasteiger partial charge in [0.15, 0.2) is 0 Å². The molecule has 0 aliphatic heterocycles. The molecule has 0 fully saturated rings. The van der Waals surface area contributed by atoms with E-state index in [1.54, 1.807) is 12.1 Å². The van der Waals surface area contributed by atoms with E-state index in [9.17, 15) is 9.59 Å². The van der Waals surface area contributed by atoms with Crippen LogP contribution in [0.3, 0.4) is 0 Å². The highest BCUT2D eigenvalue weighted by molar-refractivity contribution is 6.31. The van der Waals surface area contributed by atoms with Gasteiger partial charge in [-0.15, -0.1) is 0 Å². The number of anilines is 2. The summed E-state index contributed by atoms with van der Waals surface area (Å²) in [5.41, 5.74) is 3.96. The molecule has 1 aromatic heterocycles. The van der Waals surface area contributed by atoms with E-state index in [4.69, 9.17) is 11.6 Å². The number of amides is 2. The van der Waals surface area contributed by atoms with Crippen LogP contribution in [0.2, 0.25) is 5.02 Å². The van der Waals surface area contributed by atoms with Gasteiger partial charge in [-0.25, -0.2) is 0 Å². The summed E-state index contributed by atoms with van der Waals surface area (Å²) >= 11 is 5.99. The van der Waals surface area contributed by atoms with E-state index in [2.05, 4.69) is 22.5 Å². The van der Waals surface area contributed by atoms with Crippen molar-refractivity contribution in [3.8, 4) is 0 Å². The molecule has 0 aliphatic carbocycles. The Kier molecular flexibility index (Phi) is 6.06. The van der Waals surface area contributed by atoms with E-state index in [-0.39, 0.29) is 17.4 Å².